The molecule has 5 heteroatoms. The lowest BCUT2D eigenvalue weighted by molar-refractivity contribution is -0.125. The molecule has 0 unspecified atom stereocenters. The number of primary amides is 1. The van der Waals surface area contributed by atoms with E-state index in [9.17, 15) is 9.59 Å². The van der Waals surface area contributed by atoms with Crippen LogP contribution in [0.25, 0.3) is 0 Å². The maximum atomic E-state index is 12.4. The zero-order valence-electron chi connectivity index (χ0n) is 11.5. The second-order valence-electron chi connectivity index (χ2n) is 5.42. The Bertz CT molecular complexity index is 537. The summed E-state index contributed by atoms with van der Waals surface area (Å²) >= 11 is 5.89. The van der Waals surface area contributed by atoms with Crippen LogP contribution in [0.15, 0.2) is 18.2 Å². The molecule has 0 saturated heterocycles. The number of carbonyl (C=O) groups is 2. The number of rotatable bonds is 3. The third kappa shape index (κ3) is 2.96. The Kier molecular flexibility index (Phi) is 4.33. The Labute approximate surface area is 123 Å². The first kappa shape index (κ1) is 14.9. The summed E-state index contributed by atoms with van der Waals surface area (Å²) in [6, 6.07) is 5.07. The first-order valence-electron chi connectivity index (χ1n) is 6.83. The van der Waals surface area contributed by atoms with Crippen molar-refractivity contribution in [2.45, 2.75) is 44.6 Å². The van der Waals surface area contributed by atoms with Gasteiger partial charge in [-0.05, 0) is 43.5 Å². The minimum Gasteiger partial charge on any atom is -0.368 e. The highest BCUT2D eigenvalue weighted by atomic mass is 35.5. The minimum absolute atomic E-state index is 0.264. The van der Waals surface area contributed by atoms with Crippen LogP contribution >= 0.6 is 11.6 Å². The lowest BCUT2D eigenvalue weighted by Gasteiger charge is -2.35. The number of halogens is 1. The molecular weight excluding hydrogens is 276 g/mol. The quantitative estimate of drug-likeness (QED) is 0.899. The molecule has 1 aromatic carbocycles. The molecule has 20 heavy (non-hydrogen) atoms. The van der Waals surface area contributed by atoms with Gasteiger partial charge in [-0.25, -0.2) is 0 Å². The van der Waals surface area contributed by atoms with Crippen LogP contribution in [0.2, 0.25) is 5.02 Å². The van der Waals surface area contributed by atoms with E-state index in [1.165, 1.54) is 0 Å². The van der Waals surface area contributed by atoms with Gasteiger partial charge in [-0.15, -0.1) is 0 Å². The minimum atomic E-state index is -0.901. The third-order valence-corrected chi connectivity index (χ3v) is 4.20. The first-order chi connectivity index (χ1) is 9.44. The van der Waals surface area contributed by atoms with Crippen molar-refractivity contribution in [2.24, 2.45) is 5.73 Å². The molecule has 0 aromatic heterocycles. The largest absolute Gasteiger partial charge is 0.368 e. The van der Waals surface area contributed by atoms with E-state index in [0.717, 1.165) is 24.8 Å². The van der Waals surface area contributed by atoms with Crippen LogP contribution in [0.1, 0.15) is 48.0 Å². The maximum absolute atomic E-state index is 12.4. The van der Waals surface area contributed by atoms with Gasteiger partial charge < -0.3 is 11.1 Å². The Balaban J connectivity index is 2.22. The molecule has 1 aliphatic carbocycles. The molecule has 108 valence electrons. The van der Waals surface area contributed by atoms with Crippen molar-refractivity contribution in [1.82, 2.24) is 5.32 Å². The first-order valence-corrected chi connectivity index (χ1v) is 7.21. The molecule has 0 radical (unpaired) electrons. The summed E-state index contributed by atoms with van der Waals surface area (Å²) in [5, 5.41) is 3.44. The van der Waals surface area contributed by atoms with Crippen LogP contribution in [0, 0.1) is 6.92 Å². The van der Waals surface area contributed by atoms with E-state index in [2.05, 4.69) is 5.32 Å². The predicted molar refractivity (Wildman–Crippen MR) is 78.7 cm³/mol. The van der Waals surface area contributed by atoms with E-state index < -0.39 is 11.4 Å². The number of nitrogens with one attached hydrogen (secondary N) is 1. The standard InChI is InChI=1S/C15H19ClN2O2/c1-10-9-11(16)5-6-12(10)13(19)18-15(14(17)20)7-3-2-4-8-15/h5-6,9H,2-4,7-8H2,1H3,(H2,17,20)(H,18,19). The molecule has 0 aliphatic heterocycles. The Morgan fingerprint density at radius 3 is 2.45 bits per heavy atom. The average molecular weight is 295 g/mol. The number of nitrogens with two attached hydrogens (primary N) is 1. The topological polar surface area (TPSA) is 72.2 Å². The number of amides is 2. The van der Waals surface area contributed by atoms with Crippen molar-refractivity contribution in [2.75, 3.05) is 0 Å². The Hall–Kier alpha value is -1.55. The smallest absolute Gasteiger partial charge is 0.252 e. The summed E-state index contributed by atoms with van der Waals surface area (Å²) in [6.07, 6.45) is 4.11. The second kappa shape index (κ2) is 5.83. The van der Waals surface area contributed by atoms with Gasteiger partial charge in [-0.2, -0.15) is 0 Å². The van der Waals surface area contributed by atoms with Crippen LogP contribution in [0.5, 0.6) is 0 Å². The molecule has 0 atom stereocenters. The molecule has 4 nitrogen and oxygen atoms in total. The van der Waals surface area contributed by atoms with Gasteiger partial charge in [0, 0.05) is 10.6 Å². The average Bonchev–Trinajstić information content (AvgIpc) is 2.39. The number of benzene rings is 1. The summed E-state index contributed by atoms with van der Waals surface area (Å²) in [4.78, 5) is 24.2. The van der Waals surface area contributed by atoms with Gasteiger partial charge in [0.2, 0.25) is 5.91 Å². The number of hydrogen-bond acceptors (Lipinski definition) is 2. The maximum Gasteiger partial charge on any atom is 0.252 e. The predicted octanol–water partition coefficient (Wildman–Crippen LogP) is 2.57. The second-order valence-corrected chi connectivity index (χ2v) is 5.86. The Morgan fingerprint density at radius 1 is 1.25 bits per heavy atom. The van der Waals surface area contributed by atoms with Crippen molar-refractivity contribution < 1.29 is 9.59 Å². The van der Waals surface area contributed by atoms with Crippen molar-refractivity contribution >= 4 is 23.4 Å². The highest BCUT2D eigenvalue weighted by molar-refractivity contribution is 6.30. The summed E-state index contributed by atoms with van der Waals surface area (Å²) in [7, 11) is 0. The molecule has 0 heterocycles. The van der Waals surface area contributed by atoms with Crippen LogP contribution < -0.4 is 11.1 Å². The van der Waals surface area contributed by atoms with E-state index in [1.807, 2.05) is 6.92 Å². The molecule has 1 aliphatic rings. The summed E-state index contributed by atoms with van der Waals surface area (Å²) in [5.74, 6) is -0.711. The zero-order valence-corrected chi connectivity index (χ0v) is 12.3. The van der Waals surface area contributed by atoms with Crippen molar-refractivity contribution in [3.05, 3.63) is 34.3 Å². The van der Waals surface area contributed by atoms with Crippen LogP contribution in [0.3, 0.4) is 0 Å². The van der Waals surface area contributed by atoms with E-state index in [-0.39, 0.29) is 5.91 Å². The zero-order chi connectivity index (χ0) is 14.8. The van der Waals surface area contributed by atoms with E-state index in [4.69, 9.17) is 17.3 Å². The Morgan fingerprint density at radius 2 is 1.90 bits per heavy atom. The molecule has 1 aromatic rings. The molecule has 0 spiro atoms. The lowest BCUT2D eigenvalue weighted by Crippen LogP contribution is -2.58. The molecule has 1 saturated carbocycles. The molecule has 3 N–H and O–H groups in total. The normalized spacial score (nSPS) is 17.5. The van der Waals surface area contributed by atoms with Crippen molar-refractivity contribution in [3.8, 4) is 0 Å². The van der Waals surface area contributed by atoms with Crippen molar-refractivity contribution in [3.63, 3.8) is 0 Å². The third-order valence-electron chi connectivity index (χ3n) is 3.96. The number of carbonyl (C=O) groups excluding carboxylic acids is 2. The van der Waals surface area contributed by atoms with Gasteiger partial charge >= 0.3 is 0 Å². The molecule has 2 rings (SSSR count). The molecule has 1 fully saturated rings. The fourth-order valence-corrected chi connectivity index (χ4v) is 2.98. The number of hydrogen-bond donors (Lipinski definition) is 2. The van der Waals surface area contributed by atoms with E-state index >= 15 is 0 Å². The van der Waals surface area contributed by atoms with Gasteiger partial charge in [-0.3, -0.25) is 9.59 Å². The molecule has 0 bridgehead atoms. The van der Waals surface area contributed by atoms with Gasteiger partial charge in [-0.1, -0.05) is 30.9 Å². The highest BCUT2D eigenvalue weighted by Crippen LogP contribution is 2.28. The molecular formula is C15H19ClN2O2. The fraction of sp³-hybridized carbons (Fsp3) is 0.467. The lowest BCUT2D eigenvalue weighted by atomic mass is 9.81. The van der Waals surface area contributed by atoms with Crippen LogP contribution in [-0.4, -0.2) is 17.4 Å². The molecule has 2 amide bonds. The van der Waals surface area contributed by atoms with Crippen molar-refractivity contribution in [1.29, 1.82) is 0 Å². The summed E-state index contributed by atoms with van der Waals surface area (Å²) in [6.45, 7) is 1.82. The monoisotopic (exact) mass is 294 g/mol. The fourth-order valence-electron chi connectivity index (χ4n) is 2.75. The van der Waals surface area contributed by atoms with Gasteiger partial charge in [0.15, 0.2) is 0 Å². The summed E-state index contributed by atoms with van der Waals surface area (Å²) in [5.41, 5.74) is 5.93. The van der Waals surface area contributed by atoms with Crippen LogP contribution in [0.4, 0.5) is 0 Å². The summed E-state index contributed by atoms with van der Waals surface area (Å²) < 4.78 is 0. The van der Waals surface area contributed by atoms with E-state index in [1.54, 1.807) is 18.2 Å². The highest BCUT2D eigenvalue weighted by Gasteiger charge is 2.39. The van der Waals surface area contributed by atoms with E-state index in [0.29, 0.717) is 23.4 Å². The van der Waals surface area contributed by atoms with Gasteiger partial charge in [0.1, 0.15) is 5.54 Å². The van der Waals surface area contributed by atoms with Crippen LogP contribution in [-0.2, 0) is 4.79 Å². The van der Waals surface area contributed by atoms with Gasteiger partial charge in [0.25, 0.3) is 5.91 Å². The van der Waals surface area contributed by atoms with Gasteiger partial charge in [0.05, 0.1) is 0 Å². The number of aryl methyl sites for hydroxylation is 1. The SMILES string of the molecule is Cc1cc(Cl)ccc1C(=O)NC1(C(N)=O)CCCCC1.